The molecule has 58 valence electrons. The van der Waals surface area contributed by atoms with Crippen LogP contribution in [-0.4, -0.2) is 0 Å². The molecule has 1 aliphatic rings. The Morgan fingerprint density at radius 1 is 1.27 bits per heavy atom. The minimum atomic E-state index is -0.195. The van der Waals surface area contributed by atoms with Crippen LogP contribution in [0.2, 0.25) is 0 Å². The van der Waals surface area contributed by atoms with Crippen LogP contribution in [0.25, 0.3) is 6.08 Å². The molecule has 1 unspecified atom stereocenters. The van der Waals surface area contributed by atoms with Crippen LogP contribution < -0.4 is 0 Å². The van der Waals surface area contributed by atoms with Crippen molar-refractivity contribution in [2.24, 2.45) is 0 Å². The van der Waals surface area contributed by atoms with Gasteiger partial charge in [-0.15, -0.1) is 9.33 Å². The molecule has 1 aromatic carbocycles. The fourth-order valence-corrected chi connectivity index (χ4v) is 4.13. The lowest BCUT2D eigenvalue weighted by Crippen LogP contribution is -1.76. The fourth-order valence-electron chi connectivity index (χ4n) is 1.10. The summed E-state index contributed by atoms with van der Waals surface area (Å²) in [4.78, 5) is 1.41. The van der Waals surface area contributed by atoms with Gasteiger partial charge in [-0.2, -0.15) is 0 Å². The topological polar surface area (TPSA) is 0 Å². The standard InChI is InChI=1S/C8H6Br2S/c9-7-2-1-3-8-6(7)4-5-11(8)10/h1-5,11H. The van der Waals surface area contributed by atoms with Crippen molar-refractivity contribution in [3.8, 4) is 0 Å². The van der Waals surface area contributed by atoms with Crippen LogP contribution in [0.4, 0.5) is 0 Å². The van der Waals surface area contributed by atoms with Crippen molar-refractivity contribution in [2.75, 3.05) is 0 Å². The Labute approximate surface area is 84.4 Å². The highest BCUT2D eigenvalue weighted by molar-refractivity contribution is 9.54. The lowest BCUT2D eigenvalue weighted by Gasteiger charge is -2.05. The van der Waals surface area contributed by atoms with E-state index < -0.39 is 0 Å². The molecule has 0 amide bonds. The van der Waals surface area contributed by atoms with Gasteiger partial charge in [-0.3, -0.25) is 0 Å². The van der Waals surface area contributed by atoms with Gasteiger partial charge in [0.1, 0.15) is 0 Å². The molecular weight excluding hydrogens is 288 g/mol. The number of thiol groups is 1. The van der Waals surface area contributed by atoms with Crippen LogP contribution in [0.3, 0.4) is 0 Å². The average Bonchev–Trinajstić information content (AvgIpc) is 2.35. The maximum Gasteiger partial charge on any atom is 0.0258 e. The third-order valence-corrected chi connectivity index (χ3v) is 5.44. The Morgan fingerprint density at radius 3 is 2.82 bits per heavy atom. The maximum atomic E-state index is 3.63. The first-order valence-corrected chi connectivity index (χ1v) is 7.43. The van der Waals surface area contributed by atoms with Crippen molar-refractivity contribution in [1.29, 1.82) is 0 Å². The van der Waals surface area contributed by atoms with E-state index in [1.54, 1.807) is 0 Å². The van der Waals surface area contributed by atoms with Gasteiger partial charge in [-0.1, -0.05) is 22.0 Å². The van der Waals surface area contributed by atoms with Crippen LogP contribution in [0, 0.1) is 0 Å². The van der Waals surface area contributed by atoms with E-state index in [0.717, 1.165) is 0 Å². The van der Waals surface area contributed by atoms with E-state index in [-0.39, 0.29) is 9.33 Å². The summed E-state index contributed by atoms with van der Waals surface area (Å²) in [6, 6.07) is 6.32. The molecule has 0 fully saturated rings. The zero-order valence-electron chi connectivity index (χ0n) is 5.59. The molecular formula is C8H6Br2S. The highest BCUT2D eigenvalue weighted by Gasteiger charge is 2.12. The lowest BCUT2D eigenvalue weighted by molar-refractivity contribution is 1.41. The van der Waals surface area contributed by atoms with Crippen LogP contribution >= 0.6 is 40.1 Å². The second-order valence-corrected chi connectivity index (χ2v) is 6.85. The molecule has 1 aromatic rings. The summed E-state index contributed by atoms with van der Waals surface area (Å²) in [7, 11) is -0.195. The molecule has 2 rings (SSSR count). The van der Waals surface area contributed by atoms with Gasteiger partial charge in [-0.25, -0.2) is 0 Å². The maximum absolute atomic E-state index is 3.63. The van der Waals surface area contributed by atoms with Gasteiger partial charge in [0.25, 0.3) is 0 Å². The number of halogens is 2. The molecule has 0 nitrogen and oxygen atoms in total. The molecule has 1 atom stereocenters. The van der Waals surface area contributed by atoms with Gasteiger partial charge in [0.05, 0.1) is 0 Å². The van der Waals surface area contributed by atoms with Crippen molar-refractivity contribution < 1.29 is 0 Å². The molecule has 0 saturated carbocycles. The van der Waals surface area contributed by atoms with Crippen LogP contribution in [0.15, 0.2) is 33.0 Å². The van der Waals surface area contributed by atoms with E-state index >= 15 is 0 Å². The molecule has 1 aliphatic heterocycles. The monoisotopic (exact) mass is 292 g/mol. The molecule has 3 heteroatoms. The van der Waals surface area contributed by atoms with E-state index in [0.29, 0.717) is 0 Å². The molecule has 0 spiro atoms. The van der Waals surface area contributed by atoms with Crippen molar-refractivity contribution in [1.82, 2.24) is 0 Å². The average molecular weight is 294 g/mol. The van der Waals surface area contributed by atoms with E-state index in [4.69, 9.17) is 0 Å². The molecule has 0 aromatic heterocycles. The fraction of sp³-hybridized carbons (Fsp3) is 0. The van der Waals surface area contributed by atoms with Crippen LogP contribution in [0.5, 0.6) is 0 Å². The highest BCUT2D eigenvalue weighted by atomic mass is 79.9. The summed E-state index contributed by atoms with van der Waals surface area (Å²) in [5.41, 5.74) is 1.33. The Kier molecular flexibility index (Phi) is 2.12. The van der Waals surface area contributed by atoms with E-state index in [1.165, 1.54) is 14.9 Å². The second-order valence-electron chi connectivity index (χ2n) is 2.30. The lowest BCUT2D eigenvalue weighted by atomic mass is 10.2. The van der Waals surface area contributed by atoms with Crippen molar-refractivity contribution in [2.45, 2.75) is 4.90 Å². The quantitative estimate of drug-likeness (QED) is 0.684. The first-order valence-electron chi connectivity index (χ1n) is 3.21. The van der Waals surface area contributed by atoms with Gasteiger partial charge in [0, 0.05) is 14.9 Å². The molecule has 0 saturated heterocycles. The first kappa shape index (κ1) is 7.90. The summed E-state index contributed by atoms with van der Waals surface area (Å²) in [5, 5.41) is 2.21. The predicted molar refractivity (Wildman–Crippen MR) is 59.4 cm³/mol. The van der Waals surface area contributed by atoms with Gasteiger partial charge >= 0.3 is 0 Å². The Bertz CT molecular complexity index is 320. The zero-order valence-corrected chi connectivity index (χ0v) is 9.66. The summed E-state index contributed by atoms with van der Waals surface area (Å²) >= 11 is 7.14. The van der Waals surface area contributed by atoms with Crippen LogP contribution in [-0.2, 0) is 0 Å². The van der Waals surface area contributed by atoms with Gasteiger partial charge in [0.15, 0.2) is 0 Å². The largest absolute Gasteiger partial charge is 0.147 e. The van der Waals surface area contributed by atoms with Crippen molar-refractivity contribution in [3.63, 3.8) is 0 Å². The minimum absolute atomic E-state index is 0.195. The van der Waals surface area contributed by atoms with E-state index in [1.807, 2.05) is 0 Å². The number of hydrogen-bond acceptors (Lipinski definition) is 0. The number of rotatable bonds is 0. The first-order chi connectivity index (χ1) is 5.29. The Balaban J connectivity index is 2.65. The molecule has 0 aliphatic carbocycles. The normalized spacial score (nSPS) is 23.6. The van der Waals surface area contributed by atoms with Gasteiger partial charge < -0.3 is 0 Å². The summed E-state index contributed by atoms with van der Waals surface area (Å²) in [6.45, 7) is 0. The summed E-state index contributed by atoms with van der Waals surface area (Å²) < 4.78 is 1.19. The third-order valence-electron chi connectivity index (χ3n) is 1.63. The van der Waals surface area contributed by atoms with Gasteiger partial charge in [0.2, 0.25) is 0 Å². The molecule has 0 N–H and O–H groups in total. The number of benzene rings is 1. The minimum Gasteiger partial charge on any atom is -0.147 e. The smallest absolute Gasteiger partial charge is 0.0258 e. The van der Waals surface area contributed by atoms with Crippen molar-refractivity contribution >= 4 is 46.1 Å². The Hall–Kier alpha value is 0.270. The third kappa shape index (κ3) is 1.30. The van der Waals surface area contributed by atoms with Crippen LogP contribution in [0.1, 0.15) is 5.56 Å². The van der Waals surface area contributed by atoms with E-state index in [2.05, 4.69) is 60.4 Å². The number of hydrogen-bond donors (Lipinski definition) is 1. The highest BCUT2D eigenvalue weighted by Crippen LogP contribution is 2.52. The molecule has 0 bridgehead atoms. The molecule has 1 heterocycles. The number of fused-ring (bicyclic) bond motifs is 1. The second kappa shape index (κ2) is 2.96. The Morgan fingerprint density at radius 2 is 2.09 bits per heavy atom. The molecule has 0 radical (unpaired) electrons. The predicted octanol–water partition coefficient (Wildman–Crippen LogP) is 4.10. The van der Waals surface area contributed by atoms with Crippen molar-refractivity contribution in [3.05, 3.63) is 33.6 Å². The van der Waals surface area contributed by atoms with E-state index in [9.17, 15) is 0 Å². The SMILES string of the molecule is Brc1cccc2c1C=C[SH]2Br. The molecule has 11 heavy (non-hydrogen) atoms. The van der Waals surface area contributed by atoms with Gasteiger partial charge in [-0.05, 0) is 38.4 Å². The summed E-state index contributed by atoms with van der Waals surface area (Å²) in [6.07, 6.45) is 2.17. The summed E-state index contributed by atoms with van der Waals surface area (Å²) in [5.74, 6) is 0. The zero-order chi connectivity index (χ0) is 7.84.